The fourth-order valence-corrected chi connectivity index (χ4v) is 3.91. The van der Waals surface area contributed by atoms with E-state index in [0.717, 1.165) is 12.1 Å². The Morgan fingerprint density at radius 1 is 1.47 bits per heavy atom. The summed E-state index contributed by atoms with van der Waals surface area (Å²) in [7, 11) is -2.90. The van der Waals surface area contributed by atoms with Gasteiger partial charge in [0.05, 0.1) is 23.8 Å². The van der Waals surface area contributed by atoms with Gasteiger partial charge in [0.1, 0.15) is 5.75 Å². The van der Waals surface area contributed by atoms with E-state index in [1.165, 1.54) is 0 Å². The highest BCUT2D eigenvalue weighted by Gasteiger charge is 2.24. The van der Waals surface area contributed by atoms with Crippen molar-refractivity contribution < 1.29 is 13.2 Å². The fraction of sp³-hybridized carbons (Fsp3) is 0.538. The number of hydrogen-bond acceptors (Lipinski definition) is 5. The minimum absolute atomic E-state index is 0.0307. The van der Waals surface area contributed by atoms with Crippen molar-refractivity contribution in [3.8, 4) is 5.75 Å². The van der Waals surface area contributed by atoms with Crippen LogP contribution in [0.5, 0.6) is 5.75 Å². The van der Waals surface area contributed by atoms with Crippen molar-refractivity contribution in [2.24, 2.45) is 0 Å². The van der Waals surface area contributed by atoms with E-state index in [1.807, 2.05) is 19.1 Å². The van der Waals surface area contributed by atoms with Gasteiger partial charge >= 0.3 is 0 Å². The standard InChI is InChI=1S/C13H20N2O3S/c1-2-18-13-8-10(5-6-12(13)14)15-11-4-3-7-19(16,17)9-11/h5-6,8,11,15H,2-4,7,9,14H2,1H3. The van der Waals surface area contributed by atoms with Gasteiger partial charge in [-0.3, -0.25) is 0 Å². The van der Waals surface area contributed by atoms with Gasteiger partial charge in [0, 0.05) is 17.8 Å². The third-order valence-corrected chi connectivity index (χ3v) is 4.97. The molecule has 1 fully saturated rings. The molecule has 0 spiro atoms. The molecule has 6 heteroatoms. The Morgan fingerprint density at radius 2 is 2.26 bits per heavy atom. The molecule has 1 atom stereocenters. The molecule has 19 heavy (non-hydrogen) atoms. The highest BCUT2D eigenvalue weighted by molar-refractivity contribution is 7.91. The van der Waals surface area contributed by atoms with Crippen LogP contribution in [0.25, 0.3) is 0 Å². The summed E-state index contributed by atoms with van der Waals surface area (Å²) >= 11 is 0. The number of ether oxygens (including phenoxy) is 1. The molecule has 1 aliphatic rings. The van der Waals surface area contributed by atoms with Gasteiger partial charge in [-0.05, 0) is 31.9 Å². The maximum absolute atomic E-state index is 11.6. The molecule has 3 N–H and O–H groups in total. The Hall–Kier alpha value is -1.43. The van der Waals surface area contributed by atoms with Crippen LogP contribution in [0.3, 0.4) is 0 Å². The van der Waals surface area contributed by atoms with E-state index in [0.29, 0.717) is 30.2 Å². The molecular weight excluding hydrogens is 264 g/mol. The number of hydrogen-bond donors (Lipinski definition) is 2. The van der Waals surface area contributed by atoms with Crippen LogP contribution in [0.15, 0.2) is 18.2 Å². The van der Waals surface area contributed by atoms with Crippen LogP contribution in [0.1, 0.15) is 19.8 Å². The Labute approximate surface area is 114 Å². The molecule has 0 bridgehead atoms. The zero-order valence-corrected chi connectivity index (χ0v) is 11.9. The highest BCUT2D eigenvalue weighted by Crippen LogP contribution is 2.27. The maximum Gasteiger partial charge on any atom is 0.152 e. The van der Waals surface area contributed by atoms with Crippen LogP contribution in [0.2, 0.25) is 0 Å². The number of sulfone groups is 1. The van der Waals surface area contributed by atoms with Crippen molar-refractivity contribution in [3.63, 3.8) is 0 Å². The van der Waals surface area contributed by atoms with E-state index in [1.54, 1.807) is 6.07 Å². The summed E-state index contributed by atoms with van der Waals surface area (Å²) in [6, 6.07) is 5.40. The average molecular weight is 284 g/mol. The van der Waals surface area contributed by atoms with Crippen molar-refractivity contribution in [3.05, 3.63) is 18.2 Å². The summed E-state index contributed by atoms with van der Waals surface area (Å²) in [4.78, 5) is 0. The highest BCUT2D eigenvalue weighted by atomic mass is 32.2. The smallest absolute Gasteiger partial charge is 0.152 e. The predicted octanol–water partition coefficient (Wildman–Crippen LogP) is 1.66. The van der Waals surface area contributed by atoms with Gasteiger partial charge in [-0.25, -0.2) is 8.42 Å². The van der Waals surface area contributed by atoms with Crippen molar-refractivity contribution in [1.82, 2.24) is 0 Å². The monoisotopic (exact) mass is 284 g/mol. The second-order valence-corrected chi connectivity index (χ2v) is 7.01. The van der Waals surface area contributed by atoms with Crippen LogP contribution in [-0.2, 0) is 9.84 Å². The van der Waals surface area contributed by atoms with Gasteiger partial charge in [-0.15, -0.1) is 0 Å². The molecule has 106 valence electrons. The predicted molar refractivity (Wildman–Crippen MR) is 77.3 cm³/mol. The molecule has 1 saturated heterocycles. The average Bonchev–Trinajstić information content (AvgIpc) is 2.32. The van der Waals surface area contributed by atoms with Crippen LogP contribution in [0.4, 0.5) is 11.4 Å². The second-order valence-electron chi connectivity index (χ2n) is 4.78. The van der Waals surface area contributed by atoms with E-state index in [4.69, 9.17) is 10.5 Å². The maximum atomic E-state index is 11.6. The first kappa shape index (κ1) is 14.0. The van der Waals surface area contributed by atoms with Crippen LogP contribution in [-0.4, -0.2) is 32.6 Å². The van der Waals surface area contributed by atoms with Crippen molar-refractivity contribution >= 4 is 21.2 Å². The number of benzene rings is 1. The second kappa shape index (κ2) is 5.69. The summed E-state index contributed by atoms with van der Waals surface area (Å²) in [5, 5.41) is 3.25. The lowest BCUT2D eigenvalue weighted by Gasteiger charge is -2.24. The normalized spacial score (nSPS) is 21.8. The SMILES string of the molecule is CCOc1cc(NC2CCCS(=O)(=O)C2)ccc1N. The first-order valence-electron chi connectivity index (χ1n) is 6.49. The molecule has 0 aromatic heterocycles. The Bertz CT molecular complexity index is 543. The first-order valence-corrected chi connectivity index (χ1v) is 8.31. The number of anilines is 2. The molecule has 1 aromatic rings. The molecule has 0 saturated carbocycles. The van der Waals surface area contributed by atoms with Crippen LogP contribution < -0.4 is 15.8 Å². The fourth-order valence-electron chi connectivity index (χ4n) is 2.28. The minimum Gasteiger partial charge on any atom is -0.492 e. The van der Waals surface area contributed by atoms with Gasteiger partial charge in [-0.1, -0.05) is 0 Å². The third-order valence-electron chi connectivity index (χ3n) is 3.15. The first-order chi connectivity index (χ1) is 9.00. The number of rotatable bonds is 4. The van der Waals surface area contributed by atoms with E-state index in [2.05, 4.69) is 5.32 Å². The molecule has 0 amide bonds. The van der Waals surface area contributed by atoms with E-state index >= 15 is 0 Å². The topological polar surface area (TPSA) is 81.4 Å². The van der Waals surface area contributed by atoms with Gasteiger partial charge in [0.2, 0.25) is 0 Å². The van der Waals surface area contributed by atoms with E-state index < -0.39 is 9.84 Å². The lowest BCUT2D eigenvalue weighted by Crippen LogP contribution is -2.34. The quantitative estimate of drug-likeness (QED) is 0.822. The van der Waals surface area contributed by atoms with Crippen molar-refractivity contribution in [2.45, 2.75) is 25.8 Å². The molecule has 1 unspecified atom stereocenters. The number of nitrogens with two attached hydrogens (primary N) is 1. The largest absolute Gasteiger partial charge is 0.492 e. The van der Waals surface area contributed by atoms with Gasteiger partial charge in [0.15, 0.2) is 9.84 Å². The lowest BCUT2D eigenvalue weighted by atomic mass is 10.1. The molecule has 1 aliphatic heterocycles. The van der Waals surface area contributed by atoms with Gasteiger partial charge < -0.3 is 15.8 Å². The lowest BCUT2D eigenvalue weighted by molar-refractivity contribution is 0.342. The summed E-state index contributed by atoms with van der Waals surface area (Å²) in [5.74, 6) is 1.13. The van der Waals surface area contributed by atoms with Crippen LogP contribution in [0, 0.1) is 0 Å². The van der Waals surface area contributed by atoms with Crippen LogP contribution >= 0.6 is 0 Å². The zero-order chi connectivity index (χ0) is 13.9. The molecule has 0 radical (unpaired) electrons. The molecule has 1 aromatic carbocycles. The van der Waals surface area contributed by atoms with Crippen molar-refractivity contribution in [2.75, 3.05) is 29.2 Å². The Morgan fingerprint density at radius 3 is 2.95 bits per heavy atom. The van der Waals surface area contributed by atoms with Gasteiger partial charge in [-0.2, -0.15) is 0 Å². The van der Waals surface area contributed by atoms with Crippen molar-refractivity contribution in [1.29, 1.82) is 0 Å². The summed E-state index contributed by atoms with van der Waals surface area (Å²) in [6.07, 6.45) is 1.58. The zero-order valence-electron chi connectivity index (χ0n) is 11.1. The molecule has 5 nitrogen and oxygen atoms in total. The molecule has 2 rings (SSSR count). The molecule has 0 aliphatic carbocycles. The number of nitrogens with one attached hydrogen (secondary N) is 1. The molecular formula is C13H20N2O3S. The molecule has 1 heterocycles. The van der Waals surface area contributed by atoms with Gasteiger partial charge in [0.25, 0.3) is 0 Å². The summed E-state index contributed by atoms with van der Waals surface area (Å²) in [5.41, 5.74) is 7.24. The third kappa shape index (κ3) is 3.76. The Kier molecular flexibility index (Phi) is 4.19. The Balaban J connectivity index is 2.08. The van der Waals surface area contributed by atoms with E-state index in [-0.39, 0.29) is 11.8 Å². The van der Waals surface area contributed by atoms with E-state index in [9.17, 15) is 8.42 Å². The summed E-state index contributed by atoms with van der Waals surface area (Å²) < 4.78 is 28.6. The summed E-state index contributed by atoms with van der Waals surface area (Å²) in [6.45, 7) is 2.44. The number of nitrogen functional groups attached to an aromatic ring is 1. The minimum atomic E-state index is -2.90.